The fourth-order valence-electron chi connectivity index (χ4n) is 3.80. The minimum Gasteiger partial charge on any atom is -0.457 e. The predicted molar refractivity (Wildman–Crippen MR) is 127 cm³/mol. The molecule has 4 aromatic rings. The number of nitro groups is 1. The Hall–Kier alpha value is -4.19. The van der Waals surface area contributed by atoms with E-state index in [0.29, 0.717) is 33.7 Å². The summed E-state index contributed by atoms with van der Waals surface area (Å²) < 4.78 is 47.3. The molecular formula is C24H17ClF3N5O4. The zero-order valence-electron chi connectivity index (χ0n) is 19.0. The highest BCUT2D eigenvalue weighted by molar-refractivity contribution is 6.30. The summed E-state index contributed by atoms with van der Waals surface area (Å²) in [5, 5.41) is 18.2. The zero-order chi connectivity index (χ0) is 26.5. The third-order valence-electron chi connectivity index (χ3n) is 5.75. The van der Waals surface area contributed by atoms with Crippen molar-refractivity contribution in [2.45, 2.75) is 31.9 Å². The highest BCUT2D eigenvalue weighted by Crippen LogP contribution is 2.41. The van der Waals surface area contributed by atoms with Gasteiger partial charge in [0, 0.05) is 28.8 Å². The smallest absolute Gasteiger partial charge is 0.433 e. The number of nitro benzene ring substituents is 1. The summed E-state index contributed by atoms with van der Waals surface area (Å²) >= 11 is 5.96. The van der Waals surface area contributed by atoms with Crippen LogP contribution in [0.3, 0.4) is 0 Å². The van der Waals surface area contributed by atoms with E-state index < -0.39 is 22.7 Å². The number of amides is 1. The van der Waals surface area contributed by atoms with Crippen molar-refractivity contribution in [1.82, 2.24) is 14.6 Å². The van der Waals surface area contributed by atoms with Crippen LogP contribution in [0, 0.1) is 17.0 Å². The van der Waals surface area contributed by atoms with E-state index in [2.05, 4.69) is 15.4 Å². The number of carbonyl (C=O) groups excluding carboxylic acids is 1. The molecule has 0 radical (unpaired) electrons. The van der Waals surface area contributed by atoms with Crippen LogP contribution in [0.1, 0.15) is 46.1 Å². The number of carbonyl (C=O) groups is 1. The molecule has 2 aromatic heterocycles. The maximum absolute atomic E-state index is 13.7. The van der Waals surface area contributed by atoms with Gasteiger partial charge in [-0.2, -0.15) is 18.3 Å². The van der Waals surface area contributed by atoms with Gasteiger partial charge in [-0.25, -0.2) is 9.50 Å². The minimum atomic E-state index is -4.71. The van der Waals surface area contributed by atoms with Crippen molar-refractivity contribution in [3.63, 3.8) is 0 Å². The molecule has 1 saturated carbocycles. The highest BCUT2D eigenvalue weighted by Gasteiger charge is 2.38. The van der Waals surface area contributed by atoms with E-state index in [1.165, 1.54) is 12.1 Å². The molecule has 37 heavy (non-hydrogen) atoms. The second kappa shape index (κ2) is 9.04. The highest BCUT2D eigenvalue weighted by atomic mass is 35.5. The van der Waals surface area contributed by atoms with Gasteiger partial charge >= 0.3 is 6.18 Å². The number of rotatable bonds is 6. The van der Waals surface area contributed by atoms with Gasteiger partial charge in [-0.3, -0.25) is 14.9 Å². The van der Waals surface area contributed by atoms with Crippen molar-refractivity contribution < 1.29 is 27.6 Å². The lowest BCUT2D eigenvalue weighted by molar-refractivity contribution is -0.384. The van der Waals surface area contributed by atoms with Crippen molar-refractivity contribution in [2.75, 3.05) is 5.32 Å². The molecule has 190 valence electrons. The van der Waals surface area contributed by atoms with Crippen LogP contribution >= 0.6 is 11.6 Å². The number of halogens is 4. The summed E-state index contributed by atoms with van der Waals surface area (Å²) in [6, 6.07) is 9.42. The van der Waals surface area contributed by atoms with Crippen LogP contribution in [0.5, 0.6) is 11.5 Å². The van der Waals surface area contributed by atoms with Crippen molar-refractivity contribution in [2.24, 2.45) is 0 Å². The fourth-order valence-corrected chi connectivity index (χ4v) is 4.03. The first-order valence-corrected chi connectivity index (χ1v) is 11.4. The number of benzene rings is 2. The second-order valence-corrected chi connectivity index (χ2v) is 9.01. The van der Waals surface area contributed by atoms with E-state index in [-0.39, 0.29) is 39.9 Å². The molecule has 1 N–H and O–H groups in total. The topological polar surface area (TPSA) is 112 Å². The molecule has 0 bridgehead atoms. The number of alkyl halides is 3. The molecule has 2 aromatic carbocycles. The molecule has 0 aliphatic heterocycles. The lowest BCUT2D eigenvalue weighted by atomic mass is 10.2. The van der Waals surface area contributed by atoms with Crippen LogP contribution in [0.4, 0.5) is 24.5 Å². The Balaban J connectivity index is 1.50. The number of fused-ring (bicyclic) bond motifs is 1. The second-order valence-electron chi connectivity index (χ2n) is 8.57. The molecule has 9 nitrogen and oxygen atoms in total. The summed E-state index contributed by atoms with van der Waals surface area (Å²) in [6.45, 7) is 1.74. The number of aryl methyl sites for hydroxylation is 1. The van der Waals surface area contributed by atoms with E-state index in [1.54, 1.807) is 25.1 Å². The molecule has 0 atom stereocenters. The lowest BCUT2D eigenvalue weighted by Crippen LogP contribution is -2.16. The van der Waals surface area contributed by atoms with Crippen molar-refractivity contribution in [3.8, 4) is 11.5 Å². The number of hydrogen-bond acceptors (Lipinski definition) is 6. The van der Waals surface area contributed by atoms with Gasteiger partial charge in [0.05, 0.1) is 22.9 Å². The summed E-state index contributed by atoms with van der Waals surface area (Å²) in [7, 11) is 0. The van der Waals surface area contributed by atoms with Crippen LogP contribution < -0.4 is 10.1 Å². The molecule has 1 amide bonds. The van der Waals surface area contributed by atoms with Crippen molar-refractivity contribution in [3.05, 3.63) is 86.3 Å². The Kier molecular flexibility index (Phi) is 5.98. The number of anilines is 1. The maximum atomic E-state index is 13.7. The summed E-state index contributed by atoms with van der Waals surface area (Å²) in [5.41, 5.74) is -0.971. The van der Waals surface area contributed by atoms with Gasteiger partial charge < -0.3 is 10.1 Å². The first-order valence-electron chi connectivity index (χ1n) is 11.0. The molecular weight excluding hydrogens is 515 g/mol. The molecule has 1 aliphatic carbocycles. The molecule has 0 unspecified atom stereocenters. The molecule has 0 saturated heterocycles. The van der Waals surface area contributed by atoms with Crippen LogP contribution in [0.25, 0.3) is 5.65 Å². The monoisotopic (exact) mass is 531 g/mol. The minimum absolute atomic E-state index is 0.00504. The SMILES string of the molecule is Cc1cc(Cl)ccc1Oc1cc(NC(=O)c2cnn3c(C(F)(F)F)cc(C4CC4)nc23)cc([N+](=O)[O-])c1. The van der Waals surface area contributed by atoms with Gasteiger partial charge in [0.2, 0.25) is 0 Å². The molecule has 0 spiro atoms. The quantitative estimate of drug-likeness (QED) is 0.223. The summed E-state index contributed by atoms with van der Waals surface area (Å²) in [4.78, 5) is 28.2. The molecule has 5 rings (SSSR count). The van der Waals surface area contributed by atoms with E-state index in [9.17, 15) is 28.1 Å². The first-order chi connectivity index (χ1) is 17.5. The molecule has 1 fully saturated rings. The lowest BCUT2D eigenvalue weighted by Gasteiger charge is -2.12. The molecule has 13 heteroatoms. The normalized spacial score (nSPS) is 13.5. The van der Waals surface area contributed by atoms with E-state index in [1.807, 2.05) is 0 Å². The molecule has 1 aliphatic rings. The molecule has 2 heterocycles. The Morgan fingerprint density at radius 2 is 1.97 bits per heavy atom. The Morgan fingerprint density at radius 1 is 1.22 bits per heavy atom. The Labute approximate surface area is 212 Å². The van der Waals surface area contributed by atoms with Crippen LogP contribution in [-0.4, -0.2) is 25.4 Å². The van der Waals surface area contributed by atoms with Crippen LogP contribution in [0.15, 0.2) is 48.7 Å². The third kappa shape index (κ3) is 5.05. The Morgan fingerprint density at radius 3 is 2.62 bits per heavy atom. The van der Waals surface area contributed by atoms with Crippen molar-refractivity contribution in [1.29, 1.82) is 0 Å². The number of nitrogens with one attached hydrogen (secondary N) is 1. The average Bonchev–Trinajstić information content (AvgIpc) is 3.58. The number of ether oxygens (including phenoxy) is 1. The number of nitrogens with zero attached hydrogens (tertiary/aromatic N) is 4. The standard InChI is InChI=1S/C24H17ClF3N5O4/c1-12-6-14(25)4-5-20(12)37-17-8-15(7-16(9-17)33(35)36)30-23(34)18-11-29-32-21(24(26,27)28)10-19(13-2-3-13)31-22(18)32/h4-11,13H,2-3H2,1H3,(H,30,34). The number of aromatic nitrogens is 3. The van der Waals surface area contributed by atoms with Gasteiger partial charge in [-0.05, 0) is 49.6 Å². The van der Waals surface area contributed by atoms with Crippen LogP contribution in [0.2, 0.25) is 5.02 Å². The first kappa shape index (κ1) is 24.5. The maximum Gasteiger partial charge on any atom is 0.433 e. The Bertz CT molecular complexity index is 1570. The van der Waals surface area contributed by atoms with Gasteiger partial charge in [0.1, 0.15) is 22.8 Å². The van der Waals surface area contributed by atoms with Gasteiger partial charge in [-0.1, -0.05) is 11.6 Å². The summed E-state index contributed by atoms with van der Waals surface area (Å²) in [6.07, 6.45) is -2.31. The third-order valence-corrected chi connectivity index (χ3v) is 5.98. The van der Waals surface area contributed by atoms with E-state index in [4.69, 9.17) is 16.3 Å². The van der Waals surface area contributed by atoms with Gasteiger partial charge in [0.25, 0.3) is 11.6 Å². The number of hydrogen-bond donors (Lipinski definition) is 1. The summed E-state index contributed by atoms with van der Waals surface area (Å²) in [5.74, 6) is -0.494. The predicted octanol–water partition coefficient (Wildman–Crippen LogP) is 6.54. The average molecular weight is 532 g/mol. The largest absolute Gasteiger partial charge is 0.457 e. The van der Waals surface area contributed by atoms with E-state index >= 15 is 0 Å². The van der Waals surface area contributed by atoms with Gasteiger partial charge in [-0.15, -0.1) is 0 Å². The van der Waals surface area contributed by atoms with Gasteiger partial charge in [0.15, 0.2) is 5.65 Å². The van der Waals surface area contributed by atoms with Crippen molar-refractivity contribution >= 4 is 34.5 Å². The van der Waals surface area contributed by atoms with E-state index in [0.717, 1.165) is 18.3 Å². The van der Waals surface area contributed by atoms with Crippen LogP contribution in [-0.2, 0) is 6.18 Å². The number of non-ortho nitro benzene ring substituents is 1. The fraction of sp³-hybridized carbons (Fsp3) is 0.208. The zero-order valence-corrected chi connectivity index (χ0v) is 19.8.